The molecule has 0 aromatic heterocycles. The topological polar surface area (TPSA) is 524 Å². The fourth-order valence-electron chi connectivity index (χ4n) is 0. The third-order valence-electron chi connectivity index (χ3n) is 0. The van der Waals surface area contributed by atoms with Crippen molar-refractivity contribution < 1.29 is 137 Å². The van der Waals surface area contributed by atoms with E-state index >= 15 is 0 Å². The van der Waals surface area contributed by atoms with E-state index in [9.17, 15) is 0 Å². The van der Waals surface area contributed by atoms with Crippen molar-refractivity contribution in [1.29, 1.82) is 0 Å². The molecule has 0 amide bonds. The molecule has 21 nitrogen and oxygen atoms in total. The normalized spacial score (nSPS) is 6.69. The van der Waals surface area contributed by atoms with Crippen molar-refractivity contribution >= 4 is 31.2 Å². The summed E-state index contributed by atoms with van der Waals surface area (Å²) in [7, 11) is -15.5. The Morgan fingerprint density at radius 1 is 0.308 bits per heavy atom. The molecule has 0 rings (SSSR count). The average Bonchev–Trinajstić information content (AvgIpc) is 1.41. The molecule has 0 spiro atoms. The first-order valence-electron chi connectivity index (χ1n) is 2.00. The summed E-state index contributed by atoms with van der Waals surface area (Å²) in [4.78, 5) is 0. The van der Waals surface area contributed by atoms with Crippen LogP contribution >= 0.6 is 0 Å². The van der Waals surface area contributed by atoms with E-state index < -0.39 is 31.2 Å². The monoisotopic (exact) mass is 554 g/mol. The molecule has 0 aliphatic carbocycles. The number of hydrogen-bond acceptors (Lipinski definition) is 12. The first-order chi connectivity index (χ1) is 6.00. The Morgan fingerprint density at radius 2 is 0.308 bits per heavy atom. The summed E-state index contributed by atoms with van der Waals surface area (Å²) >= 11 is 0. The molecule has 26 heavy (non-hydrogen) atoms. The number of rotatable bonds is 0. The minimum absolute atomic E-state index is 0. The van der Waals surface area contributed by atoms with E-state index in [1.807, 2.05) is 0 Å². The predicted molar refractivity (Wildman–Crippen MR) is 63.9 cm³/mol. The first-order valence-corrected chi connectivity index (χ1v) is 6.00. The molecule has 0 atom stereocenters. The molecule has 174 valence electrons. The van der Waals surface area contributed by atoms with E-state index in [4.69, 9.17) is 52.6 Å². The van der Waals surface area contributed by atoms with Crippen molar-refractivity contribution in [3.63, 3.8) is 0 Å². The molecular weight excluding hydrogens is 536 g/mol. The Morgan fingerprint density at radius 3 is 0.308 bits per heavy atom. The van der Waals surface area contributed by atoms with Gasteiger partial charge in [0.2, 0.25) is 0 Å². The van der Waals surface area contributed by atoms with E-state index in [2.05, 4.69) is 0 Å². The second kappa shape index (κ2) is 44.6. The molecule has 0 unspecified atom stereocenters. The Kier molecular flexibility index (Phi) is 191. The SMILES string of the molecule is O.O.O.O.O.O.O.O.O.O=S(=O)([O-])[O-].O=S(=O)([O-])[O-].O=S(=O)([O-])[O-].[Cr+3].[Cr+3]. The van der Waals surface area contributed by atoms with E-state index in [1.54, 1.807) is 0 Å². The maximum absolute atomic E-state index is 8.52. The minimum Gasteiger partial charge on any atom is -0.759 e. The average molecular weight is 554 g/mol. The van der Waals surface area contributed by atoms with Crippen LogP contribution in [0.3, 0.4) is 0 Å². The van der Waals surface area contributed by atoms with E-state index in [-0.39, 0.29) is 84.0 Å². The van der Waals surface area contributed by atoms with Crippen molar-refractivity contribution in [3.05, 3.63) is 0 Å². The maximum atomic E-state index is 8.52. The Balaban J connectivity index is -0.00000000571. The number of hydrogen-bond donors (Lipinski definition) is 0. The van der Waals surface area contributed by atoms with Crippen LogP contribution in [0.15, 0.2) is 0 Å². The zero-order chi connectivity index (χ0) is 13.5. The molecule has 0 fully saturated rings. The second-order valence-corrected chi connectivity index (χ2v) is 3.67. The van der Waals surface area contributed by atoms with Crippen molar-refractivity contribution in [2.75, 3.05) is 0 Å². The van der Waals surface area contributed by atoms with Gasteiger partial charge < -0.3 is 76.6 Å². The van der Waals surface area contributed by atoms with Crippen LogP contribution in [0.1, 0.15) is 0 Å². The zero-order valence-corrected chi connectivity index (χ0v) is 16.4. The first kappa shape index (κ1) is 111. The van der Waals surface area contributed by atoms with Crippen LogP contribution in [0.4, 0.5) is 0 Å². The molecule has 0 aromatic rings. The maximum Gasteiger partial charge on any atom is 3.00 e. The van der Waals surface area contributed by atoms with Crippen LogP contribution in [0.25, 0.3) is 0 Å². The van der Waals surface area contributed by atoms with Gasteiger partial charge in [0, 0.05) is 31.2 Å². The summed E-state index contributed by atoms with van der Waals surface area (Å²) in [6.45, 7) is 0. The third kappa shape index (κ3) is 133000. The van der Waals surface area contributed by atoms with Crippen molar-refractivity contribution in [3.8, 4) is 0 Å². The smallest absolute Gasteiger partial charge is 0.759 e. The van der Waals surface area contributed by atoms with Crippen LogP contribution in [0, 0.1) is 0 Å². The van der Waals surface area contributed by atoms with Gasteiger partial charge in [-0.15, -0.1) is 0 Å². The summed E-state index contributed by atoms with van der Waals surface area (Å²) in [5.74, 6) is 0. The van der Waals surface area contributed by atoms with Gasteiger partial charge in [0.15, 0.2) is 0 Å². The van der Waals surface area contributed by atoms with Crippen molar-refractivity contribution in [2.45, 2.75) is 0 Å². The van der Waals surface area contributed by atoms with E-state index in [0.29, 0.717) is 0 Å². The van der Waals surface area contributed by atoms with Gasteiger partial charge in [-0.1, -0.05) is 0 Å². The molecular formula is H18Cr2O21S3. The van der Waals surface area contributed by atoms with E-state index in [0.717, 1.165) is 0 Å². The van der Waals surface area contributed by atoms with Gasteiger partial charge in [-0.2, -0.15) is 0 Å². The van der Waals surface area contributed by atoms with Gasteiger partial charge in [-0.3, -0.25) is 25.3 Å². The second-order valence-electron chi connectivity index (χ2n) is 1.22. The van der Waals surface area contributed by atoms with Gasteiger partial charge >= 0.3 is 34.7 Å². The molecule has 0 aromatic carbocycles. The molecule has 0 bridgehead atoms. The standard InChI is InChI=1S/2Cr.3H2O4S.9H2O/c;;3*1-5(2,3)4;;;;;;;;;/h;;3*(H2,1,2,3,4);9*1H2/q2*+3;;;;;;;;;;;;/p-6. The Bertz CT molecular complexity index is 344. The van der Waals surface area contributed by atoms with E-state index in [1.165, 1.54) is 0 Å². The van der Waals surface area contributed by atoms with Crippen LogP contribution < -0.4 is 0 Å². The fourth-order valence-corrected chi connectivity index (χ4v) is 0. The largest absolute Gasteiger partial charge is 3.00 e. The summed E-state index contributed by atoms with van der Waals surface area (Å²) in [5, 5.41) is 0. The molecule has 0 saturated carbocycles. The Hall–Kier alpha value is 0.315. The molecule has 0 saturated heterocycles. The van der Waals surface area contributed by atoms with Gasteiger partial charge in [0.05, 0.1) is 0 Å². The molecule has 0 heterocycles. The molecule has 2 radical (unpaired) electrons. The quantitative estimate of drug-likeness (QED) is 0.199. The van der Waals surface area contributed by atoms with Crippen LogP contribution in [-0.4, -0.2) is 102 Å². The summed E-state index contributed by atoms with van der Waals surface area (Å²) in [6.07, 6.45) is 0. The molecule has 0 aliphatic rings. The van der Waals surface area contributed by atoms with Crippen LogP contribution in [0.2, 0.25) is 0 Å². The fraction of sp³-hybridized carbons (Fsp3) is 0. The van der Waals surface area contributed by atoms with Crippen molar-refractivity contribution in [1.82, 2.24) is 0 Å². The third-order valence-corrected chi connectivity index (χ3v) is 0. The van der Waals surface area contributed by atoms with Crippen LogP contribution in [0.5, 0.6) is 0 Å². The summed E-state index contributed by atoms with van der Waals surface area (Å²) in [6, 6.07) is 0. The Labute approximate surface area is 167 Å². The predicted octanol–water partition coefficient (Wildman–Crippen LogP) is -11.4. The molecule has 26 heteroatoms. The zero-order valence-electron chi connectivity index (χ0n) is 11.4. The van der Waals surface area contributed by atoms with Gasteiger partial charge in [0.25, 0.3) is 0 Å². The minimum atomic E-state index is -5.17. The molecule has 18 N–H and O–H groups in total. The van der Waals surface area contributed by atoms with Gasteiger partial charge in [0.1, 0.15) is 0 Å². The molecule has 0 aliphatic heterocycles. The van der Waals surface area contributed by atoms with Crippen molar-refractivity contribution in [2.24, 2.45) is 0 Å². The van der Waals surface area contributed by atoms with Gasteiger partial charge in [-0.05, 0) is 0 Å². The van der Waals surface area contributed by atoms with Crippen LogP contribution in [-0.2, 0) is 65.9 Å². The summed E-state index contributed by atoms with van der Waals surface area (Å²) in [5.41, 5.74) is 0. The summed E-state index contributed by atoms with van der Waals surface area (Å²) < 4.78 is 102. The van der Waals surface area contributed by atoms with Gasteiger partial charge in [-0.25, -0.2) is 0 Å².